The first kappa shape index (κ1) is 13.1. The molecule has 1 aromatic heterocycles. The molecule has 16 heavy (non-hydrogen) atoms. The zero-order chi connectivity index (χ0) is 12.2. The molecule has 0 saturated carbocycles. The van der Waals surface area contributed by atoms with E-state index in [1.54, 1.807) is 25.3 Å². The Balaban J connectivity index is 2.72. The van der Waals surface area contributed by atoms with Crippen LogP contribution >= 0.6 is 15.9 Å². The number of carbonyl (C=O) groups excluding carboxylic acids is 1. The first-order chi connectivity index (χ1) is 7.44. The van der Waals surface area contributed by atoms with E-state index in [1.807, 2.05) is 13.8 Å². The number of aromatic nitrogens is 1. The molecule has 1 rings (SSSR count). The van der Waals surface area contributed by atoms with Crippen LogP contribution in [0, 0.1) is 0 Å². The summed E-state index contributed by atoms with van der Waals surface area (Å²) in [7, 11) is 1.60. The minimum absolute atomic E-state index is 0.205. The Kier molecular flexibility index (Phi) is 4.44. The third kappa shape index (κ3) is 3.90. The van der Waals surface area contributed by atoms with E-state index < -0.39 is 5.54 Å². The molecule has 0 saturated heterocycles. The molecule has 88 valence electrons. The number of hydrogen-bond acceptors (Lipinski definition) is 3. The molecule has 1 aromatic rings. The van der Waals surface area contributed by atoms with Gasteiger partial charge in [-0.05, 0) is 41.9 Å². The van der Waals surface area contributed by atoms with E-state index in [9.17, 15) is 4.79 Å². The van der Waals surface area contributed by atoms with Gasteiger partial charge in [-0.1, -0.05) is 6.07 Å². The van der Waals surface area contributed by atoms with Crippen LogP contribution in [0.5, 0.6) is 0 Å². The van der Waals surface area contributed by atoms with Gasteiger partial charge in [-0.3, -0.25) is 4.79 Å². The van der Waals surface area contributed by atoms with Gasteiger partial charge in [-0.2, -0.15) is 0 Å². The number of ether oxygens (including phenoxy) is 1. The molecule has 0 spiro atoms. The van der Waals surface area contributed by atoms with E-state index in [0.29, 0.717) is 16.9 Å². The lowest BCUT2D eigenvalue weighted by molar-refractivity contribution is 0.0815. The van der Waals surface area contributed by atoms with Gasteiger partial charge in [-0.15, -0.1) is 0 Å². The number of methoxy groups -OCH3 is 1. The molecule has 0 aliphatic carbocycles. The maximum Gasteiger partial charge on any atom is 0.270 e. The van der Waals surface area contributed by atoms with E-state index in [2.05, 4.69) is 26.2 Å². The summed E-state index contributed by atoms with van der Waals surface area (Å²) in [6.45, 7) is 4.24. The van der Waals surface area contributed by atoms with Crippen LogP contribution in [0.2, 0.25) is 0 Å². The van der Waals surface area contributed by atoms with Crippen LogP contribution < -0.4 is 5.32 Å². The maximum atomic E-state index is 11.8. The van der Waals surface area contributed by atoms with Crippen LogP contribution in [0.1, 0.15) is 24.3 Å². The number of nitrogens with one attached hydrogen (secondary N) is 1. The third-order valence-corrected chi connectivity index (χ3v) is 2.35. The molecule has 0 aromatic carbocycles. The minimum Gasteiger partial charge on any atom is -0.382 e. The number of pyridine rings is 1. The molecular formula is C11H15BrN2O2. The second-order valence-electron chi connectivity index (χ2n) is 4.12. The zero-order valence-electron chi connectivity index (χ0n) is 9.58. The third-order valence-electron chi connectivity index (χ3n) is 1.90. The fraction of sp³-hybridized carbons (Fsp3) is 0.455. The number of halogens is 1. The van der Waals surface area contributed by atoms with Crippen LogP contribution in [0.15, 0.2) is 22.8 Å². The summed E-state index contributed by atoms with van der Waals surface area (Å²) < 4.78 is 5.67. The summed E-state index contributed by atoms with van der Waals surface area (Å²) >= 11 is 3.23. The molecule has 0 aliphatic rings. The predicted molar refractivity (Wildman–Crippen MR) is 65.4 cm³/mol. The Hall–Kier alpha value is -0.940. The fourth-order valence-electron chi connectivity index (χ4n) is 1.30. The van der Waals surface area contributed by atoms with Crippen LogP contribution in [0.4, 0.5) is 0 Å². The number of nitrogens with zero attached hydrogens (tertiary/aromatic N) is 1. The summed E-state index contributed by atoms with van der Waals surface area (Å²) in [6, 6.07) is 5.22. The first-order valence-corrected chi connectivity index (χ1v) is 5.68. The SMILES string of the molecule is COCC(C)(C)NC(=O)c1cccc(Br)n1. The highest BCUT2D eigenvalue weighted by Crippen LogP contribution is 2.08. The molecule has 0 fully saturated rings. The van der Waals surface area contributed by atoms with Gasteiger partial charge in [-0.25, -0.2) is 4.98 Å². The molecular weight excluding hydrogens is 272 g/mol. The highest BCUT2D eigenvalue weighted by atomic mass is 79.9. The van der Waals surface area contributed by atoms with Crippen LogP contribution in [0.3, 0.4) is 0 Å². The Morgan fingerprint density at radius 3 is 2.81 bits per heavy atom. The van der Waals surface area contributed by atoms with Crippen LogP contribution in [-0.2, 0) is 4.74 Å². The summed E-state index contributed by atoms with van der Waals surface area (Å²) in [5, 5.41) is 2.85. The largest absolute Gasteiger partial charge is 0.382 e. The van der Waals surface area contributed by atoms with Crippen LogP contribution in [0.25, 0.3) is 0 Å². The lowest BCUT2D eigenvalue weighted by atomic mass is 10.1. The molecule has 1 amide bonds. The Bertz CT molecular complexity index is 380. The predicted octanol–water partition coefficient (Wildman–Crippen LogP) is 2.00. The molecule has 5 heteroatoms. The molecule has 1 heterocycles. The van der Waals surface area contributed by atoms with Crippen molar-refractivity contribution in [2.75, 3.05) is 13.7 Å². The lowest BCUT2D eigenvalue weighted by Crippen LogP contribution is -2.47. The van der Waals surface area contributed by atoms with Crippen molar-refractivity contribution in [3.05, 3.63) is 28.5 Å². The first-order valence-electron chi connectivity index (χ1n) is 4.88. The lowest BCUT2D eigenvalue weighted by Gasteiger charge is -2.24. The minimum atomic E-state index is -0.407. The number of hydrogen-bond donors (Lipinski definition) is 1. The Morgan fingerprint density at radius 1 is 1.56 bits per heavy atom. The summed E-state index contributed by atoms with van der Waals surface area (Å²) in [5.74, 6) is -0.205. The fourth-order valence-corrected chi connectivity index (χ4v) is 1.65. The van der Waals surface area contributed by atoms with Gasteiger partial charge in [0.05, 0.1) is 12.1 Å². The van der Waals surface area contributed by atoms with E-state index >= 15 is 0 Å². The van der Waals surface area contributed by atoms with Crippen molar-refractivity contribution in [3.8, 4) is 0 Å². The Labute approximate surface area is 104 Å². The molecule has 0 aliphatic heterocycles. The van der Waals surface area contributed by atoms with Crippen molar-refractivity contribution in [2.45, 2.75) is 19.4 Å². The second kappa shape index (κ2) is 5.41. The van der Waals surface area contributed by atoms with Crippen molar-refractivity contribution in [2.24, 2.45) is 0 Å². The van der Waals surface area contributed by atoms with E-state index in [-0.39, 0.29) is 5.91 Å². The highest BCUT2D eigenvalue weighted by Gasteiger charge is 2.21. The van der Waals surface area contributed by atoms with Crippen molar-refractivity contribution in [1.82, 2.24) is 10.3 Å². The van der Waals surface area contributed by atoms with Crippen molar-refractivity contribution < 1.29 is 9.53 Å². The van der Waals surface area contributed by atoms with Gasteiger partial charge in [0.15, 0.2) is 0 Å². The molecule has 1 N–H and O–H groups in total. The zero-order valence-corrected chi connectivity index (χ0v) is 11.2. The van der Waals surface area contributed by atoms with Gasteiger partial charge >= 0.3 is 0 Å². The van der Waals surface area contributed by atoms with E-state index in [0.717, 1.165) is 0 Å². The van der Waals surface area contributed by atoms with Gasteiger partial charge in [0, 0.05) is 7.11 Å². The standard InChI is InChI=1S/C11H15BrN2O2/c1-11(2,7-16-3)14-10(15)8-5-4-6-9(12)13-8/h4-6H,7H2,1-3H3,(H,14,15). The molecule has 0 radical (unpaired) electrons. The smallest absolute Gasteiger partial charge is 0.270 e. The average molecular weight is 287 g/mol. The highest BCUT2D eigenvalue weighted by molar-refractivity contribution is 9.10. The molecule has 0 unspecified atom stereocenters. The number of carbonyl (C=O) groups is 1. The second-order valence-corrected chi connectivity index (χ2v) is 4.93. The van der Waals surface area contributed by atoms with Gasteiger partial charge < -0.3 is 10.1 Å². The number of amides is 1. The quantitative estimate of drug-likeness (QED) is 0.862. The Morgan fingerprint density at radius 2 is 2.25 bits per heavy atom. The van der Waals surface area contributed by atoms with Crippen molar-refractivity contribution in [1.29, 1.82) is 0 Å². The maximum absolute atomic E-state index is 11.8. The van der Waals surface area contributed by atoms with Crippen LogP contribution in [-0.4, -0.2) is 30.1 Å². The average Bonchev–Trinajstić information content (AvgIpc) is 2.16. The summed E-state index contributed by atoms with van der Waals surface area (Å²) in [5.41, 5.74) is -0.0194. The molecule has 0 atom stereocenters. The van der Waals surface area contributed by atoms with Gasteiger partial charge in [0.1, 0.15) is 10.3 Å². The summed E-state index contributed by atoms with van der Waals surface area (Å²) in [6.07, 6.45) is 0. The van der Waals surface area contributed by atoms with Crippen molar-refractivity contribution >= 4 is 21.8 Å². The summed E-state index contributed by atoms with van der Waals surface area (Å²) in [4.78, 5) is 15.9. The van der Waals surface area contributed by atoms with E-state index in [1.165, 1.54) is 0 Å². The van der Waals surface area contributed by atoms with Gasteiger partial charge in [0.25, 0.3) is 5.91 Å². The number of rotatable bonds is 4. The normalized spacial score (nSPS) is 11.2. The topological polar surface area (TPSA) is 51.2 Å². The monoisotopic (exact) mass is 286 g/mol. The van der Waals surface area contributed by atoms with Gasteiger partial charge in [0.2, 0.25) is 0 Å². The van der Waals surface area contributed by atoms with Crippen molar-refractivity contribution in [3.63, 3.8) is 0 Å². The molecule has 0 bridgehead atoms. The van der Waals surface area contributed by atoms with E-state index in [4.69, 9.17) is 4.74 Å². The molecule has 4 nitrogen and oxygen atoms in total.